The quantitative estimate of drug-likeness (QED) is 0.508. The van der Waals surface area contributed by atoms with E-state index in [-0.39, 0.29) is 13.2 Å². The summed E-state index contributed by atoms with van der Waals surface area (Å²) in [6.07, 6.45) is 0.450. The first kappa shape index (κ1) is 12.2. The Hall–Kier alpha value is -1.89. The summed E-state index contributed by atoms with van der Waals surface area (Å²) < 4.78 is 0.927. The summed E-state index contributed by atoms with van der Waals surface area (Å²) in [5, 5.41) is 13.2. The highest BCUT2D eigenvalue weighted by atomic mass is 16.3. The van der Waals surface area contributed by atoms with E-state index in [0.717, 1.165) is 16.8 Å². The Morgan fingerprint density at radius 2 is 2.19 bits per heavy atom. The first-order valence-electron chi connectivity index (χ1n) is 4.81. The summed E-state index contributed by atoms with van der Waals surface area (Å²) in [5.41, 5.74) is -0.889. The van der Waals surface area contributed by atoms with Gasteiger partial charge in [0.05, 0.1) is 0 Å². The van der Waals surface area contributed by atoms with Gasteiger partial charge in [0, 0.05) is 25.3 Å². The zero-order valence-electron chi connectivity index (χ0n) is 8.60. The third kappa shape index (κ3) is 3.70. The molecule has 3 N–H and O–H groups in total. The molecule has 0 atom stereocenters. The Morgan fingerprint density at radius 1 is 1.44 bits per heavy atom. The lowest BCUT2D eigenvalue weighted by Crippen LogP contribution is -2.36. The number of aliphatic hydroxyl groups is 1. The number of carbonyl (C=O) groups is 1. The average Bonchev–Trinajstić information content (AvgIpc) is 2.24. The van der Waals surface area contributed by atoms with Gasteiger partial charge in [-0.2, -0.15) is 0 Å². The predicted molar refractivity (Wildman–Crippen MR) is 56.0 cm³/mol. The molecule has 0 bridgehead atoms. The van der Waals surface area contributed by atoms with Gasteiger partial charge in [-0.1, -0.05) is 0 Å². The van der Waals surface area contributed by atoms with Gasteiger partial charge in [0.25, 0.3) is 11.1 Å². The van der Waals surface area contributed by atoms with Crippen LogP contribution >= 0.6 is 0 Å². The van der Waals surface area contributed by atoms with Crippen molar-refractivity contribution in [3.05, 3.63) is 32.8 Å². The molecular formula is C9H13N3O4. The van der Waals surface area contributed by atoms with Gasteiger partial charge in [-0.3, -0.25) is 19.5 Å². The third-order valence-corrected chi connectivity index (χ3v) is 1.85. The maximum Gasteiger partial charge on any atom is 0.265 e. The zero-order valence-corrected chi connectivity index (χ0v) is 8.60. The number of nitrogens with one attached hydrogen (secondary N) is 2. The second-order valence-electron chi connectivity index (χ2n) is 3.16. The molecule has 0 aromatic carbocycles. The van der Waals surface area contributed by atoms with Gasteiger partial charge in [-0.25, -0.2) is 4.68 Å². The molecule has 0 saturated heterocycles. The number of aromatic amines is 1. The fourth-order valence-electron chi connectivity index (χ4n) is 1.09. The molecule has 1 amide bonds. The van der Waals surface area contributed by atoms with Crippen LogP contribution in [0.4, 0.5) is 0 Å². The lowest BCUT2D eigenvalue weighted by Gasteiger charge is -2.05. The number of hydrogen-bond acceptors (Lipinski definition) is 4. The van der Waals surface area contributed by atoms with Crippen LogP contribution in [-0.4, -0.2) is 33.9 Å². The van der Waals surface area contributed by atoms with E-state index < -0.39 is 17.0 Å². The van der Waals surface area contributed by atoms with Crippen molar-refractivity contribution in [3.63, 3.8) is 0 Å². The van der Waals surface area contributed by atoms with E-state index in [0.29, 0.717) is 13.0 Å². The third-order valence-electron chi connectivity index (χ3n) is 1.85. The molecule has 1 aromatic heterocycles. The van der Waals surface area contributed by atoms with Crippen molar-refractivity contribution in [1.82, 2.24) is 15.1 Å². The van der Waals surface area contributed by atoms with Crippen molar-refractivity contribution in [2.45, 2.75) is 13.0 Å². The number of rotatable bonds is 5. The molecule has 0 aliphatic heterocycles. The summed E-state index contributed by atoms with van der Waals surface area (Å²) in [6, 6.07) is 2.20. The topological polar surface area (TPSA) is 104 Å². The van der Waals surface area contributed by atoms with Crippen LogP contribution in [0.15, 0.2) is 21.7 Å². The molecule has 1 aromatic rings. The molecule has 16 heavy (non-hydrogen) atoms. The van der Waals surface area contributed by atoms with Gasteiger partial charge in [0.1, 0.15) is 6.54 Å². The number of H-pyrrole nitrogens is 1. The normalized spacial score (nSPS) is 10.1. The monoisotopic (exact) mass is 227 g/mol. The van der Waals surface area contributed by atoms with Gasteiger partial charge in [-0.15, -0.1) is 0 Å². The summed E-state index contributed by atoms with van der Waals surface area (Å²) in [5.74, 6) is -0.391. The number of hydrogen-bond donors (Lipinski definition) is 3. The lowest BCUT2D eigenvalue weighted by molar-refractivity contribution is -0.121. The summed E-state index contributed by atoms with van der Waals surface area (Å²) in [6.45, 7) is 0.0872. The molecule has 0 spiro atoms. The Morgan fingerprint density at radius 3 is 2.88 bits per heavy atom. The van der Waals surface area contributed by atoms with Gasteiger partial charge in [0.15, 0.2) is 0 Å². The van der Waals surface area contributed by atoms with E-state index >= 15 is 0 Å². The lowest BCUT2D eigenvalue weighted by atomic mass is 10.4. The first-order chi connectivity index (χ1) is 7.63. The molecule has 0 unspecified atom stereocenters. The fraction of sp³-hybridized carbons (Fsp3) is 0.444. The fourth-order valence-corrected chi connectivity index (χ4v) is 1.09. The minimum atomic E-state index is -0.447. The van der Waals surface area contributed by atoms with Crippen LogP contribution in [0.2, 0.25) is 0 Å². The SMILES string of the molecule is O=C(Cn1[nH]c(=O)ccc1=O)NCCCO. The molecule has 1 heterocycles. The molecule has 0 radical (unpaired) electrons. The molecule has 0 saturated carbocycles. The minimum Gasteiger partial charge on any atom is -0.396 e. The van der Waals surface area contributed by atoms with E-state index in [4.69, 9.17) is 5.11 Å². The number of carbonyl (C=O) groups excluding carboxylic acids is 1. The Labute approximate surface area is 90.7 Å². The van der Waals surface area contributed by atoms with Gasteiger partial charge in [0.2, 0.25) is 5.91 Å². The van der Waals surface area contributed by atoms with Gasteiger partial charge in [-0.05, 0) is 6.42 Å². The molecule has 7 heteroatoms. The number of aromatic nitrogens is 2. The number of amides is 1. The van der Waals surface area contributed by atoms with Crippen molar-refractivity contribution in [2.75, 3.05) is 13.2 Å². The van der Waals surface area contributed by atoms with Crippen LogP contribution in [0.25, 0.3) is 0 Å². The van der Waals surface area contributed by atoms with E-state index in [1.54, 1.807) is 0 Å². The maximum absolute atomic E-state index is 11.3. The largest absolute Gasteiger partial charge is 0.396 e. The number of aliphatic hydroxyl groups excluding tert-OH is 1. The first-order valence-corrected chi connectivity index (χ1v) is 4.81. The predicted octanol–water partition coefficient (Wildman–Crippen LogP) is -1.96. The molecule has 7 nitrogen and oxygen atoms in total. The molecule has 0 aliphatic carbocycles. The Balaban J connectivity index is 2.59. The van der Waals surface area contributed by atoms with E-state index in [9.17, 15) is 14.4 Å². The molecule has 0 fully saturated rings. The number of nitrogens with zero attached hydrogens (tertiary/aromatic N) is 1. The van der Waals surface area contributed by atoms with Crippen molar-refractivity contribution < 1.29 is 9.90 Å². The molecular weight excluding hydrogens is 214 g/mol. The Kier molecular flexibility index (Phi) is 4.46. The van der Waals surface area contributed by atoms with Gasteiger partial charge < -0.3 is 10.4 Å². The highest BCUT2D eigenvalue weighted by Gasteiger charge is 2.03. The van der Waals surface area contributed by atoms with E-state index in [1.165, 1.54) is 0 Å². The van der Waals surface area contributed by atoms with Crippen LogP contribution in [0, 0.1) is 0 Å². The zero-order chi connectivity index (χ0) is 12.0. The second-order valence-corrected chi connectivity index (χ2v) is 3.16. The second kappa shape index (κ2) is 5.86. The van der Waals surface area contributed by atoms with Crippen LogP contribution in [-0.2, 0) is 11.3 Å². The van der Waals surface area contributed by atoms with Crippen molar-refractivity contribution in [3.8, 4) is 0 Å². The van der Waals surface area contributed by atoms with Crippen LogP contribution in [0.5, 0.6) is 0 Å². The minimum absolute atomic E-state index is 0.0115. The molecule has 88 valence electrons. The standard InChI is InChI=1S/C9H13N3O4/c13-5-1-4-10-8(15)6-12-9(16)3-2-7(14)11-12/h2-3,13H,1,4-6H2,(H,10,15)(H,11,14). The van der Waals surface area contributed by atoms with Crippen LogP contribution in [0.3, 0.4) is 0 Å². The highest BCUT2D eigenvalue weighted by Crippen LogP contribution is 1.77. The maximum atomic E-state index is 11.3. The molecule has 1 rings (SSSR count). The summed E-state index contributed by atoms with van der Waals surface area (Å²) in [7, 11) is 0. The van der Waals surface area contributed by atoms with Crippen molar-refractivity contribution >= 4 is 5.91 Å². The average molecular weight is 227 g/mol. The Bertz CT molecular complexity index is 462. The van der Waals surface area contributed by atoms with Crippen LogP contribution < -0.4 is 16.4 Å². The van der Waals surface area contributed by atoms with Crippen molar-refractivity contribution in [2.24, 2.45) is 0 Å². The van der Waals surface area contributed by atoms with Crippen LogP contribution in [0.1, 0.15) is 6.42 Å². The highest BCUT2D eigenvalue weighted by molar-refractivity contribution is 5.75. The smallest absolute Gasteiger partial charge is 0.265 e. The van der Waals surface area contributed by atoms with Crippen molar-refractivity contribution in [1.29, 1.82) is 0 Å². The molecule has 0 aliphatic rings. The summed E-state index contributed by atoms with van der Waals surface area (Å²) in [4.78, 5) is 33.4. The van der Waals surface area contributed by atoms with E-state index in [2.05, 4.69) is 10.4 Å². The van der Waals surface area contributed by atoms with Gasteiger partial charge >= 0.3 is 0 Å². The summed E-state index contributed by atoms with van der Waals surface area (Å²) >= 11 is 0. The van der Waals surface area contributed by atoms with E-state index in [1.807, 2.05) is 0 Å².